The third kappa shape index (κ3) is 2.86. The second-order valence-corrected chi connectivity index (χ2v) is 6.21. The van der Waals surface area contributed by atoms with Gasteiger partial charge in [0.05, 0.1) is 6.61 Å². The number of hydrogen-bond acceptors (Lipinski definition) is 5. The van der Waals surface area contributed by atoms with E-state index in [0.29, 0.717) is 23.7 Å². The van der Waals surface area contributed by atoms with Crippen LogP contribution in [0.3, 0.4) is 0 Å². The highest BCUT2D eigenvalue weighted by Crippen LogP contribution is 2.19. The van der Waals surface area contributed by atoms with E-state index in [1.54, 1.807) is 34.7 Å². The van der Waals surface area contributed by atoms with Crippen LogP contribution in [0.4, 0.5) is 5.69 Å². The summed E-state index contributed by atoms with van der Waals surface area (Å²) < 4.78 is 34.2. The lowest BCUT2D eigenvalue weighted by atomic mass is 10.3. The summed E-state index contributed by atoms with van der Waals surface area (Å²) in [4.78, 5) is 0.133. The van der Waals surface area contributed by atoms with Crippen molar-refractivity contribution in [3.8, 4) is 5.75 Å². The number of hydrogen-bond donors (Lipinski definition) is 1. The maximum atomic E-state index is 12.4. The van der Waals surface area contributed by atoms with Crippen molar-refractivity contribution in [2.75, 3.05) is 11.3 Å². The molecule has 0 unspecified atom stereocenters. The fraction of sp³-hybridized carbons (Fsp3) is 0.143. The van der Waals surface area contributed by atoms with E-state index in [1.165, 1.54) is 18.6 Å². The molecular weight excluding hydrogens is 304 g/mol. The molecule has 0 aliphatic rings. The SMILES string of the molecule is CCOc1ccc(NS(=O)(=O)c2ccc3nncn3c2)cc1. The van der Waals surface area contributed by atoms with E-state index in [4.69, 9.17) is 4.74 Å². The van der Waals surface area contributed by atoms with Crippen molar-refractivity contribution < 1.29 is 13.2 Å². The zero-order chi connectivity index (χ0) is 15.6. The predicted molar refractivity (Wildman–Crippen MR) is 81.4 cm³/mol. The second kappa shape index (κ2) is 5.64. The van der Waals surface area contributed by atoms with Crippen LogP contribution < -0.4 is 9.46 Å². The van der Waals surface area contributed by atoms with Gasteiger partial charge in [-0.05, 0) is 43.3 Å². The Hall–Kier alpha value is -2.61. The molecule has 0 saturated heterocycles. The Kier molecular flexibility index (Phi) is 3.68. The number of sulfonamides is 1. The Morgan fingerprint density at radius 3 is 2.68 bits per heavy atom. The Morgan fingerprint density at radius 1 is 1.18 bits per heavy atom. The van der Waals surface area contributed by atoms with E-state index in [2.05, 4.69) is 14.9 Å². The summed E-state index contributed by atoms with van der Waals surface area (Å²) in [5.41, 5.74) is 1.05. The van der Waals surface area contributed by atoms with Gasteiger partial charge >= 0.3 is 0 Å². The average Bonchev–Trinajstić information content (AvgIpc) is 2.97. The van der Waals surface area contributed by atoms with Crippen LogP contribution in [0.2, 0.25) is 0 Å². The molecule has 2 heterocycles. The van der Waals surface area contributed by atoms with Gasteiger partial charge in [-0.1, -0.05) is 0 Å². The quantitative estimate of drug-likeness (QED) is 0.777. The first kappa shape index (κ1) is 14.3. The van der Waals surface area contributed by atoms with Crippen LogP contribution in [0.15, 0.2) is 53.8 Å². The summed E-state index contributed by atoms with van der Waals surface area (Å²) in [5.74, 6) is 0.691. The topological polar surface area (TPSA) is 85.6 Å². The Balaban J connectivity index is 1.85. The lowest BCUT2D eigenvalue weighted by molar-refractivity contribution is 0.340. The lowest BCUT2D eigenvalue weighted by Crippen LogP contribution is -2.13. The van der Waals surface area contributed by atoms with Gasteiger partial charge in [-0.15, -0.1) is 10.2 Å². The van der Waals surface area contributed by atoms with Crippen LogP contribution in [0, 0.1) is 0 Å². The molecular formula is C14H14N4O3S. The molecule has 3 aromatic rings. The number of rotatable bonds is 5. The molecule has 0 saturated carbocycles. The molecule has 0 amide bonds. The highest BCUT2D eigenvalue weighted by Gasteiger charge is 2.15. The summed E-state index contributed by atoms with van der Waals surface area (Å²) in [6.45, 7) is 2.45. The van der Waals surface area contributed by atoms with Crippen LogP contribution in [0.5, 0.6) is 5.75 Å². The molecule has 0 bridgehead atoms. The highest BCUT2D eigenvalue weighted by atomic mass is 32.2. The van der Waals surface area contributed by atoms with Gasteiger partial charge in [0.1, 0.15) is 17.0 Å². The number of aromatic nitrogens is 3. The average molecular weight is 318 g/mol. The molecule has 1 N–H and O–H groups in total. The minimum absolute atomic E-state index is 0.133. The second-order valence-electron chi connectivity index (χ2n) is 4.52. The molecule has 22 heavy (non-hydrogen) atoms. The summed E-state index contributed by atoms with van der Waals surface area (Å²) >= 11 is 0. The fourth-order valence-electron chi connectivity index (χ4n) is 1.97. The molecule has 1 aromatic carbocycles. The van der Waals surface area contributed by atoms with Gasteiger partial charge in [0.15, 0.2) is 5.65 Å². The first-order chi connectivity index (χ1) is 10.6. The molecule has 0 atom stereocenters. The van der Waals surface area contributed by atoms with Crippen molar-refractivity contribution in [1.29, 1.82) is 0 Å². The third-order valence-corrected chi connectivity index (χ3v) is 4.36. The van der Waals surface area contributed by atoms with Crippen molar-refractivity contribution in [1.82, 2.24) is 14.6 Å². The van der Waals surface area contributed by atoms with Gasteiger partial charge in [-0.25, -0.2) is 8.42 Å². The highest BCUT2D eigenvalue weighted by molar-refractivity contribution is 7.92. The summed E-state index contributed by atoms with van der Waals surface area (Å²) in [6.07, 6.45) is 2.91. The number of fused-ring (bicyclic) bond motifs is 1. The number of pyridine rings is 1. The zero-order valence-corrected chi connectivity index (χ0v) is 12.6. The lowest BCUT2D eigenvalue weighted by Gasteiger charge is -2.09. The van der Waals surface area contributed by atoms with Gasteiger partial charge in [0, 0.05) is 11.9 Å². The maximum absolute atomic E-state index is 12.4. The largest absolute Gasteiger partial charge is 0.494 e. The Bertz CT molecular complexity index is 888. The normalized spacial score (nSPS) is 11.5. The number of ether oxygens (including phenoxy) is 1. The van der Waals surface area contributed by atoms with Gasteiger partial charge in [-0.3, -0.25) is 9.12 Å². The van der Waals surface area contributed by atoms with Crippen LogP contribution >= 0.6 is 0 Å². The molecule has 7 nitrogen and oxygen atoms in total. The van der Waals surface area contributed by atoms with Gasteiger partial charge in [0.25, 0.3) is 10.0 Å². The molecule has 3 rings (SSSR count). The standard InChI is InChI=1S/C14H14N4O3S/c1-2-21-12-5-3-11(4-6-12)17-22(19,20)13-7-8-14-16-15-10-18(14)9-13/h3-10,17H,2H2,1H3. The monoisotopic (exact) mass is 318 g/mol. The van der Waals surface area contributed by atoms with Gasteiger partial charge in [-0.2, -0.15) is 0 Å². The van der Waals surface area contributed by atoms with Crippen molar-refractivity contribution >= 4 is 21.4 Å². The molecule has 0 spiro atoms. The van der Waals surface area contributed by atoms with Gasteiger partial charge < -0.3 is 4.74 Å². The smallest absolute Gasteiger partial charge is 0.263 e. The minimum Gasteiger partial charge on any atom is -0.494 e. The van der Waals surface area contributed by atoms with Crippen LogP contribution in [-0.4, -0.2) is 29.6 Å². The van der Waals surface area contributed by atoms with Crippen molar-refractivity contribution in [2.24, 2.45) is 0 Å². The minimum atomic E-state index is -3.68. The zero-order valence-electron chi connectivity index (χ0n) is 11.8. The van der Waals surface area contributed by atoms with E-state index in [-0.39, 0.29) is 4.90 Å². The number of nitrogens with zero attached hydrogens (tertiary/aromatic N) is 3. The van der Waals surface area contributed by atoms with Crippen LogP contribution in [0.25, 0.3) is 5.65 Å². The predicted octanol–water partition coefficient (Wildman–Crippen LogP) is 1.93. The number of benzene rings is 1. The van der Waals surface area contributed by atoms with E-state index < -0.39 is 10.0 Å². The summed E-state index contributed by atoms with van der Waals surface area (Å²) in [5, 5.41) is 7.56. The molecule has 0 fully saturated rings. The van der Waals surface area contributed by atoms with Crippen molar-refractivity contribution in [3.63, 3.8) is 0 Å². The fourth-order valence-corrected chi connectivity index (χ4v) is 3.03. The Labute approximate surface area is 127 Å². The number of nitrogens with one attached hydrogen (secondary N) is 1. The Morgan fingerprint density at radius 2 is 1.95 bits per heavy atom. The van der Waals surface area contributed by atoms with Crippen LogP contribution in [0.1, 0.15) is 6.92 Å². The molecule has 2 aromatic heterocycles. The van der Waals surface area contributed by atoms with E-state index in [9.17, 15) is 8.42 Å². The first-order valence-electron chi connectivity index (χ1n) is 6.63. The van der Waals surface area contributed by atoms with Gasteiger partial charge in [0.2, 0.25) is 0 Å². The van der Waals surface area contributed by atoms with E-state index >= 15 is 0 Å². The maximum Gasteiger partial charge on any atom is 0.263 e. The summed E-state index contributed by atoms with van der Waals surface area (Å²) in [7, 11) is -3.68. The number of anilines is 1. The molecule has 0 aliphatic heterocycles. The van der Waals surface area contributed by atoms with E-state index in [1.807, 2.05) is 6.92 Å². The van der Waals surface area contributed by atoms with Crippen molar-refractivity contribution in [3.05, 3.63) is 48.9 Å². The third-order valence-electron chi connectivity index (χ3n) is 2.99. The van der Waals surface area contributed by atoms with Crippen molar-refractivity contribution in [2.45, 2.75) is 11.8 Å². The molecule has 0 aliphatic carbocycles. The molecule has 0 radical (unpaired) electrons. The molecule has 114 valence electrons. The summed E-state index contributed by atoms with van der Waals surface area (Å²) in [6, 6.07) is 9.81. The van der Waals surface area contributed by atoms with Crippen LogP contribution in [-0.2, 0) is 10.0 Å². The van der Waals surface area contributed by atoms with E-state index in [0.717, 1.165) is 0 Å². The first-order valence-corrected chi connectivity index (χ1v) is 8.12. The molecule has 8 heteroatoms.